The molecule has 1 amide bonds. The van der Waals surface area contributed by atoms with Crippen molar-refractivity contribution in [2.45, 2.75) is 12.7 Å². The van der Waals surface area contributed by atoms with Crippen LogP contribution in [-0.4, -0.2) is 5.91 Å². The Balaban J connectivity index is 1.99. The van der Waals surface area contributed by atoms with Gasteiger partial charge in [-0.1, -0.05) is 30.3 Å². The average molecular weight is 278 g/mol. The lowest BCUT2D eigenvalue weighted by molar-refractivity contribution is -0.137. The fourth-order valence-corrected chi connectivity index (χ4v) is 1.69. The van der Waals surface area contributed by atoms with E-state index in [4.69, 9.17) is 0 Å². The third-order valence-corrected chi connectivity index (χ3v) is 2.77. The number of amides is 1. The van der Waals surface area contributed by atoms with Gasteiger partial charge in [0, 0.05) is 12.1 Å². The Labute approximate surface area is 114 Å². The monoisotopic (exact) mass is 278 g/mol. The van der Waals surface area contributed by atoms with Gasteiger partial charge in [-0.05, 0) is 29.8 Å². The summed E-state index contributed by atoms with van der Waals surface area (Å²) < 4.78 is 37.2. The minimum atomic E-state index is -4.39. The predicted molar refractivity (Wildman–Crippen MR) is 69.1 cm³/mol. The standard InChI is InChI=1S/C15H12F3NO/c16-15(17,18)13-8-6-12(7-9-13)14(20)19-10-11-4-2-1-3-5-11/h1-9H,10H2,(H,19,20)/i14-1. The highest BCUT2D eigenvalue weighted by Crippen LogP contribution is 2.29. The maximum Gasteiger partial charge on any atom is 0.416 e. The maximum absolute atomic E-state index is 12.4. The van der Waals surface area contributed by atoms with E-state index in [0.717, 1.165) is 17.7 Å². The van der Waals surface area contributed by atoms with E-state index in [1.54, 1.807) is 0 Å². The molecule has 0 saturated carbocycles. The van der Waals surface area contributed by atoms with E-state index in [1.807, 2.05) is 30.3 Å². The summed E-state index contributed by atoms with van der Waals surface area (Å²) in [6.07, 6.45) is -4.39. The molecule has 0 atom stereocenters. The minimum Gasteiger partial charge on any atom is -0.348 e. The predicted octanol–water partition coefficient (Wildman–Crippen LogP) is 3.64. The van der Waals surface area contributed by atoms with Crippen LogP contribution in [0, 0.1) is 0 Å². The number of carbonyl (C=O) groups is 1. The third kappa shape index (κ3) is 3.60. The van der Waals surface area contributed by atoms with Gasteiger partial charge in [0.05, 0.1) is 5.56 Å². The number of halogens is 3. The van der Waals surface area contributed by atoms with Gasteiger partial charge < -0.3 is 5.32 Å². The van der Waals surface area contributed by atoms with E-state index < -0.39 is 17.6 Å². The van der Waals surface area contributed by atoms with Crippen molar-refractivity contribution >= 4 is 5.91 Å². The number of carbonyl (C=O) groups excluding carboxylic acids is 1. The van der Waals surface area contributed by atoms with Crippen LogP contribution in [0.2, 0.25) is 0 Å². The van der Waals surface area contributed by atoms with Crippen LogP contribution in [0.25, 0.3) is 0 Å². The summed E-state index contributed by atoms with van der Waals surface area (Å²) in [5.41, 5.74) is 0.360. The molecule has 2 rings (SSSR count). The lowest BCUT2D eigenvalue weighted by atomic mass is 9.88. The molecule has 5 heteroatoms. The molecule has 2 nitrogen and oxygen atoms in total. The summed E-state index contributed by atoms with van der Waals surface area (Å²) in [6, 6.07) is 13.4. The van der Waals surface area contributed by atoms with E-state index >= 15 is 0 Å². The largest absolute Gasteiger partial charge is 0.416 e. The zero-order valence-electron chi connectivity index (χ0n) is 10.4. The summed E-state index contributed by atoms with van der Waals surface area (Å²) in [4.78, 5) is 11.8. The van der Waals surface area contributed by atoms with Gasteiger partial charge in [-0.2, -0.15) is 13.2 Å². The van der Waals surface area contributed by atoms with Gasteiger partial charge in [0.1, 0.15) is 0 Å². The quantitative estimate of drug-likeness (QED) is 0.912. The minimum absolute atomic E-state index is 0.203. The Morgan fingerprint density at radius 3 is 2.10 bits per heavy atom. The highest BCUT2D eigenvalue weighted by Gasteiger charge is 2.30. The molecule has 0 heterocycles. The van der Waals surface area contributed by atoms with E-state index in [9.17, 15) is 18.0 Å². The van der Waals surface area contributed by atoms with Crippen LogP contribution in [0.3, 0.4) is 0 Å². The molecule has 1 N–H and O–H groups in total. The zero-order chi connectivity index (χ0) is 14.6. The molecular formula is C15H12F3NO. The van der Waals surface area contributed by atoms with Gasteiger partial charge >= 0.3 is 6.18 Å². The number of alkyl halides is 3. The average Bonchev–Trinajstić information content (AvgIpc) is 2.45. The van der Waals surface area contributed by atoms with Crippen molar-refractivity contribution in [3.8, 4) is 0 Å². The molecule has 0 spiro atoms. The first-order valence-corrected chi connectivity index (χ1v) is 5.96. The SMILES string of the molecule is O=[11C](NCc1ccccc1)c1ccc(C(F)(F)F)cc1. The molecule has 0 aromatic heterocycles. The van der Waals surface area contributed by atoms with Gasteiger partial charge in [-0.15, -0.1) is 0 Å². The van der Waals surface area contributed by atoms with E-state index in [1.165, 1.54) is 12.1 Å². The summed E-state index contributed by atoms with van der Waals surface area (Å²) in [5, 5.41) is 2.65. The van der Waals surface area contributed by atoms with Crippen molar-refractivity contribution in [2.75, 3.05) is 0 Å². The summed E-state index contributed by atoms with van der Waals surface area (Å²) in [7, 11) is 0. The van der Waals surface area contributed by atoms with Crippen LogP contribution in [-0.2, 0) is 12.7 Å². The second kappa shape index (κ2) is 5.77. The van der Waals surface area contributed by atoms with Gasteiger partial charge in [-0.25, -0.2) is 0 Å². The van der Waals surface area contributed by atoms with Crippen molar-refractivity contribution in [1.29, 1.82) is 0 Å². The third-order valence-electron chi connectivity index (χ3n) is 2.77. The molecule has 20 heavy (non-hydrogen) atoms. The smallest absolute Gasteiger partial charge is 0.348 e. The molecule has 0 aliphatic heterocycles. The first-order valence-electron chi connectivity index (χ1n) is 5.96. The first kappa shape index (κ1) is 14.1. The molecule has 2 aromatic rings. The van der Waals surface area contributed by atoms with E-state index in [-0.39, 0.29) is 5.56 Å². The lowest BCUT2D eigenvalue weighted by Crippen LogP contribution is -2.22. The summed E-state index contributed by atoms with van der Waals surface area (Å²) in [5.74, 6) is -0.400. The van der Waals surface area contributed by atoms with E-state index in [0.29, 0.717) is 6.54 Å². The Hall–Kier alpha value is -2.30. The van der Waals surface area contributed by atoms with Crippen molar-refractivity contribution in [1.82, 2.24) is 5.32 Å². The number of hydrogen-bond acceptors (Lipinski definition) is 1. The number of rotatable bonds is 3. The fourth-order valence-electron chi connectivity index (χ4n) is 1.69. The van der Waals surface area contributed by atoms with Crippen LogP contribution in [0.4, 0.5) is 13.2 Å². The molecule has 0 unspecified atom stereocenters. The van der Waals surface area contributed by atoms with Gasteiger partial charge in [0.15, 0.2) is 0 Å². The van der Waals surface area contributed by atoms with Gasteiger partial charge in [0.2, 0.25) is 0 Å². The highest BCUT2D eigenvalue weighted by atomic mass is 19.4. The van der Waals surface area contributed by atoms with Crippen LogP contribution in [0.15, 0.2) is 54.6 Å². The normalized spacial score (nSPS) is 11.2. The Bertz CT molecular complexity index is 576. The summed E-state index contributed by atoms with van der Waals surface area (Å²) in [6.45, 7) is 0.334. The second-order valence-corrected chi connectivity index (χ2v) is 4.24. The van der Waals surface area contributed by atoms with Crippen LogP contribution in [0.5, 0.6) is 0 Å². The van der Waals surface area contributed by atoms with Crippen molar-refractivity contribution in [3.05, 3.63) is 71.3 Å². The molecule has 0 aliphatic carbocycles. The van der Waals surface area contributed by atoms with Crippen molar-refractivity contribution in [2.24, 2.45) is 0 Å². The molecule has 0 radical (unpaired) electrons. The Morgan fingerprint density at radius 1 is 0.950 bits per heavy atom. The van der Waals surface area contributed by atoms with E-state index in [2.05, 4.69) is 5.32 Å². The molecule has 0 saturated heterocycles. The molecule has 0 bridgehead atoms. The van der Waals surface area contributed by atoms with Crippen LogP contribution >= 0.6 is 0 Å². The Morgan fingerprint density at radius 2 is 1.55 bits per heavy atom. The Kier molecular flexibility index (Phi) is 4.08. The number of benzene rings is 2. The van der Waals surface area contributed by atoms with Gasteiger partial charge in [-0.3, -0.25) is 4.79 Å². The fraction of sp³-hybridized carbons (Fsp3) is 0.133. The first-order chi connectivity index (χ1) is 9.47. The van der Waals surface area contributed by atoms with Crippen LogP contribution < -0.4 is 5.32 Å². The second-order valence-electron chi connectivity index (χ2n) is 4.24. The summed E-state index contributed by atoms with van der Waals surface area (Å²) >= 11 is 0. The maximum atomic E-state index is 12.4. The number of nitrogens with one attached hydrogen (secondary N) is 1. The van der Waals surface area contributed by atoms with Crippen molar-refractivity contribution < 1.29 is 18.0 Å². The molecule has 2 aromatic carbocycles. The molecule has 0 fully saturated rings. The molecule has 0 aliphatic rings. The topological polar surface area (TPSA) is 29.1 Å². The van der Waals surface area contributed by atoms with Crippen LogP contribution in [0.1, 0.15) is 21.5 Å². The highest BCUT2D eigenvalue weighted by molar-refractivity contribution is 5.94. The van der Waals surface area contributed by atoms with Crippen molar-refractivity contribution in [3.63, 3.8) is 0 Å². The molecule has 104 valence electrons. The lowest BCUT2D eigenvalue weighted by Gasteiger charge is -2.08. The van der Waals surface area contributed by atoms with Gasteiger partial charge in [0.25, 0.3) is 5.91 Å². The zero-order valence-corrected chi connectivity index (χ0v) is 10.4. The number of hydrogen-bond donors (Lipinski definition) is 1. The molecular weight excluding hydrogens is 266 g/mol.